The summed E-state index contributed by atoms with van der Waals surface area (Å²) >= 11 is 0. The Morgan fingerprint density at radius 2 is 1.94 bits per heavy atom. The number of primary amides is 1. The number of carbonyl (C=O) groups excluding carboxylic acids is 2. The molecule has 3 N–H and O–H groups in total. The summed E-state index contributed by atoms with van der Waals surface area (Å²) < 4.78 is 0. The molecule has 98 valence electrons. The van der Waals surface area contributed by atoms with Crippen LogP contribution in [0.4, 0.5) is 0 Å². The van der Waals surface area contributed by atoms with Crippen molar-refractivity contribution in [3.63, 3.8) is 0 Å². The molecule has 1 atom stereocenters. The molecule has 0 aromatic heterocycles. The van der Waals surface area contributed by atoms with E-state index in [4.69, 9.17) is 5.73 Å². The van der Waals surface area contributed by atoms with Crippen molar-refractivity contribution in [1.82, 2.24) is 5.32 Å². The fourth-order valence-corrected chi connectivity index (χ4v) is 1.58. The van der Waals surface area contributed by atoms with Crippen LogP contribution in [-0.4, -0.2) is 17.4 Å². The quantitative estimate of drug-likeness (QED) is 0.850. The van der Waals surface area contributed by atoms with Crippen molar-refractivity contribution in [2.24, 2.45) is 11.7 Å². The number of amides is 2. The highest BCUT2D eigenvalue weighted by Crippen LogP contribution is 2.17. The highest BCUT2D eigenvalue weighted by Gasteiger charge is 2.36. The molecule has 0 saturated carbocycles. The second kappa shape index (κ2) is 5.21. The molecule has 18 heavy (non-hydrogen) atoms. The van der Waals surface area contributed by atoms with Gasteiger partial charge in [0.2, 0.25) is 5.91 Å². The first kappa shape index (κ1) is 14.2. The Morgan fingerprint density at radius 1 is 1.33 bits per heavy atom. The van der Waals surface area contributed by atoms with Gasteiger partial charge in [0.1, 0.15) is 5.54 Å². The molecule has 4 nitrogen and oxygen atoms in total. The molecule has 1 aromatic carbocycles. The Labute approximate surface area is 108 Å². The maximum absolute atomic E-state index is 12.1. The van der Waals surface area contributed by atoms with E-state index in [-0.39, 0.29) is 11.8 Å². The van der Waals surface area contributed by atoms with Crippen molar-refractivity contribution < 1.29 is 9.59 Å². The Morgan fingerprint density at radius 3 is 2.39 bits per heavy atom. The van der Waals surface area contributed by atoms with Crippen molar-refractivity contribution >= 4 is 11.8 Å². The zero-order valence-corrected chi connectivity index (χ0v) is 11.3. The first-order valence-corrected chi connectivity index (χ1v) is 5.96. The van der Waals surface area contributed by atoms with Gasteiger partial charge in [0.25, 0.3) is 5.91 Å². The van der Waals surface area contributed by atoms with Crippen LogP contribution in [0, 0.1) is 12.8 Å². The smallest absolute Gasteiger partial charge is 0.252 e. The minimum absolute atomic E-state index is 0.0799. The van der Waals surface area contributed by atoms with Crippen LogP contribution in [0.15, 0.2) is 24.3 Å². The SMILES string of the molecule is Cc1cccc(C(=O)NC(C)(C(N)=O)C(C)C)c1. The van der Waals surface area contributed by atoms with E-state index in [0.717, 1.165) is 5.56 Å². The van der Waals surface area contributed by atoms with E-state index in [2.05, 4.69) is 5.32 Å². The van der Waals surface area contributed by atoms with Crippen molar-refractivity contribution in [2.45, 2.75) is 33.2 Å². The molecular weight excluding hydrogens is 228 g/mol. The molecular formula is C14H20N2O2. The van der Waals surface area contributed by atoms with Gasteiger partial charge in [-0.1, -0.05) is 31.5 Å². The van der Waals surface area contributed by atoms with Crippen molar-refractivity contribution in [3.05, 3.63) is 35.4 Å². The summed E-state index contributed by atoms with van der Waals surface area (Å²) in [5.74, 6) is -0.893. The maximum Gasteiger partial charge on any atom is 0.252 e. The number of nitrogens with two attached hydrogens (primary N) is 1. The predicted molar refractivity (Wildman–Crippen MR) is 71.1 cm³/mol. The van der Waals surface area contributed by atoms with Crippen LogP contribution in [0.1, 0.15) is 36.7 Å². The standard InChI is InChI=1S/C14H20N2O2/c1-9(2)14(4,13(15)18)16-12(17)11-7-5-6-10(3)8-11/h5-9H,1-4H3,(H2,15,18)(H,16,17). The predicted octanol–water partition coefficient (Wildman–Crippen LogP) is 1.62. The minimum Gasteiger partial charge on any atom is -0.368 e. The first-order chi connectivity index (χ1) is 8.27. The van der Waals surface area contributed by atoms with E-state index in [1.54, 1.807) is 25.1 Å². The fourth-order valence-electron chi connectivity index (χ4n) is 1.58. The Kier molecular flexibility index (Phi) is 4.11. The van der Waals surface area contributed by atoms with Gasteiger partial charge in [-0.3, -0.25) is 9.59 Å². The van der Waals surface area contributed by atoms with Crippen LogP contribution >= 0.6 is 0 Å². The Hall–Kier alpha value is -1.84. The fraction of sp³-hybridized carbons (Fsp3) is 0.429. The number of benzene rings is 1. The molecule has 0 saturated heterocycles. The van der Waals surface area contributed by atoms with Crippen LogP contribution < -0.4 is 11.1 Å². The molecule has 2 amide bonds. The lowest BCUT2D eigenvalue weighted by atomic mass is 9.87. The Balaban J connectivity index is 2.96. The molecule has 1 unspecified atom stereocenters. The van der Waals surface area contributed by atoms with Gasteiger partial charge in [0.05, 0.1) is 0 Å². The van der Waals surface area contributed by atoms with Gasteiger partial charge in [-0.2, -0.15) is 0 Å². The summed E-state index contributed by atoms with van der Waals surface area (Å²) in [6.07, 6.45) is 0. The molecule has 1 aromatic rings. The van der Waals surface area contributed by atoms with Crippen LogP contribution in [0.5, 0.6) is 0 Å². The van der Waals surface area contributed by atoms with E-state index in [0.29, 0.717) is 5.56 Å². The average molecular weight is 248 g/mol. The van der Waals surface area contributed by atoms with Gasteiger partial charge < -0.3 is 11.1 Å². The molecule has 0 spiro atoms. The van der Waals surface area contributed by atoms with Gasteiger partial charge in [0, 0.05) is 5.56 Å². The molecule has 1 rings (SSSR count). The van der Waals surface area contributed by atoms with Gasteiger partial charge in [0.15, 0.2) is 0 Å². The van der Waals surface area contributed by atoms with Crippen molar-refractivity contribution in [3.8, 4) is 0 Å². The highest BCUT2D eigenvalue weighted by atomic mass is 16.2. The summed E-state index contributed by atoms with van der Waals surface area (Å²) in [6.45, 7) is 7.25. The number of aryl methyl sites for hydroxylation is 1. The average Bonchev–Trinajstić information content (AvgIpc) is 2.28. The molecule has 0 aliphatic rings. The van der Waals surface area contributed by atoms with Gasteiger partial charge in [-0.05, 0) is 31.9 Å². The summed E-state index contributed by atoms with van der Waals surface area (Å²) in [7, 11) is 0. The minimum atomic E-state index is -1.04. The van der Waals surface area contributed by atoms with Crippen LogP contribution in [0.2, 0.25) is 0 Å². The Bertz CT molecular complexity index is 469. The zero-order valence-electron chi connectivity index (χ0n) is 11.3. The van der Waals surface area contributed by atoms with Gasteiger partial charge >= 0.3 is 0 Å². The monoisotopic (exact) mass is 248 g/mol. The topological polar surface area (TPSA) is 72.2 Å². The van der Waals surface area contributed by atoms with Gasteiger partial charge in [-0.15, -0.1) is 0 Å². The van der Waals surface area contributed by atoms with E-state index in [1.165, 1.54) is 0 Å². The third-order valence-electron chi connectivity index (χ3n) is 3.32. The molecule has 0 aliphatic heterocycles. The molecule has 0 fully saturated rings. The number of hydrogen-bond donors (Lipinski definition) is 2. The second-order valence-electron chi connectivity index (χ2n) is 5.04. The molecule has 0 heterocycles. The zero-order chi connectivity index (χ0) is 13.9. The van der Waals surface area contributed by atoms with E-state index in [9.17, 15) is 9.59 Å². The molecule has 0 bridgehead atoms. The summed E-state index contributed by atoms with van der Waals surface area (Å²) in [5.41, 5.74) is 5.86. The first-order valence-electron chi connectivity index (χ1n) is 5.96. The highest BCUT2D eigenvalue weighted by molar-refractivity contribution is 5.98. The number of hydrogen-bond acceptors (Lipinski definition) is 2. The summed E-state index contributed by atoms with van der Waals surface area (Å²) in [5, 5.41) is 2.72. The van der Waals surface area contributed by atoms with Gasteiger partial charge in [-0.25, -0.2) is 0 Å². The largest absolute Gasteiger partial charge is 0.368 e. The lowest BCUT2D eigenvalue weighted by molar-refractivity contribution is -0.125. The number of nitrogens with one attached hydrogen (secondary N) is 1. The van der Waals surface area contributed by atoms with Crippen LogP contribution in [0.25, 0.3) is 0 Å². The molecule has 0 aliphatic carbocycles. The lowest BCUT2D eigenvalue weighted by Gasteiger charge is -2.31. The third-order valence-corrected chi connectivity index (χ3v) is 3.32. The van der Waals surface area contributed by atoms with Crippen LogP contribution in [0.3, 0.4) is 0 Å². The summed E-state index contributed by atoms with van der Waals surface area (Å²) in [6, 6.07) is 7.20. The van der Waals surface area contributed by atoms with Crippen molar-refractivity contribution in [1.29, 1.82) is 0 Å². The summed E-state index contributed by atoms with van der Waals surface area (Å²) in [4.78, 5) is 23.6. The lowest BCUT2D eigenvalue weighted by Crippen LogP contribution is -2.58. The maximum atomic E-state index is 12.1. The van der Waals surface area contributed by atoms with Crippen LogP contribution in [-0.2, 0) is 4.79 Å². The van der Waals surface area contributed by atoms with Crippen molar-refractivity contribution in [2.75, 3.05) is 0 Å². The van der Waals surface area contributed by atoms with E-state index >= 15 is 0 Å². The van der Waals surface area contributed by atoms with E-state index in [1.807, 2.05) is 26.8 Å². The van der Waals surface area contributed by atoms with E-state index < -0.39 is 11.4 Å². The number of rotatable bonds is 4. The normalized spacial score (nSPS) is 14.1. The second-order valence-corrected chi connectivity index (χ2v) is 5.04. The molecule has 0 radical (unpaired) electrons. The molecule has 4 heteroatoms. The number of carbonyl (C=O) groups is 2. The third kappa shape index (κ3) is 2.88.